The first-order valence-electron chi connectivity index (χ1n) is 9.01. The number of allylic oxidation sites excluding steroid dienone is 3. The van der Waals surface area contributed by atoms with Crippen molar-refractivity contribution in [1.82, 2.24) is 4.31 Å². The standard InChI is InChI=1S/C20H27FN2O3S/c1-5-20(4)10-8-15(9-11-20)23(13-14(2)3)27(25,26)16-6-7-18(21)17(12-16)19(22)24/h6-10,12,14H,5,11,13H2,1-4H3,(H2,22,24). The van der Waals surface area contributed by atoms with E-state index in [2.05, 4.69) is 13.8 Å². The lowest BCUT2D eigenvalue weighted by molar-refractivity contribution is 0.0996. The van der Waals surface area contributed by atoms with Crippen LogP contribution in [0.25, 0.3) is 0 Å². The fraction of sp³-hybridized carbons (Fsp3) is 0.450. The molecule has 0 fully saturated rings. The van der Waals surface area contributed by atoms with Gasteiger partial charge in [0.2, 0.25) is 0 Å². The van der Waals surface area contributed by atoms with Crippen molar-refractivity contribution in [3.8, 4) is 0 Å². The molecule has 2 N–H and O–H groups in total. The Hall–Kier alpha value is -2.15. The maximum Gasteiger partial charge on any atom is 0.264 e. The number of hydrogen-bond acceptors (Lipinski definition) is 3. The Balaban J connectivity index is 2.49. The van der Waals surface area contributed by atoms with Gasteiger partial charge in [-0.1, -0.05) is 39.8 Å². The molecule has 27 heavy (non-hydrogen) atoms. The quantitative estimate of drug-likeness (QED) is 0.763. The number of nitrogens with zero attached hydrogens (tertiary/aromatic N) is 1. The van der Waals surface area contributed by atoms with Gasteiger partial charge in [-0.05, 0) is 48.4 Å². The molecule has 1 atom stereocenters. The van der Waals surface area contributed by atoms with Gasteiger partial charge >= 0.3 is 0 Å². The van der Waals surface area contributed by atoms with Gasteiger partial charge in [0.25, 0.3) is 15.9 Å². The molecule has 0 heterocycles. The van der Waals surface area contributed by atoms with E-state index in [0.717, 1.165) is 31.0 Å². The lowest BCUT2D eigenvalue weighted by Crippen LogP contribution is -2.34. The Kier molecular flexibility index (Phi) is 6.14. The van der Waals surface area contributed by atoms with Crippen molar-refractivity contribution in [3.05, 3.63) is 53.5 Å². The molecule has 7 heteroatoms. The minimum atomic E-state index is -3.97. The average Bonchev–Trinajstić information content (AvgIpc) is 2.60. The van der Waals surface area contributed by atoms with E-state index in [1.54, 1.807) is 0 Å². The number of nitrogens with two attached hydrogens (primary N) is 1. The normalized spacial score (nSPS) is 19.9. The molecule has 0 aliphatic heterocycles. The Labute approximate surface area is 160 Å². The third-order valence-corrected chi connectivity index (χ3v) is 6.64. The predicted octanol–water partition coefficient (Wildman–Crippen LogP) is 3.83. The highest BCUT2D eigenvalue weighted by Crippen LogP contribution is 2.35. The van der Waals surface area contributed by atoms with Gasteiger partial charge in [0.1, 0.15) is 5.82 Å². The van der Waals surface area contributed by atoms with E-state index in [-0.39, 0.29) is 22.8 Å². The predicted molar refractivity (Wildman–Crippen MR) is 104 cm³/mol. The zero-order chi connectivity index (χ0) is 20.4. The summed E-state index contributed by atoms with van der Waals surface area (Å²) >= 11 is 0. The summed E-state index contributed by atoms with van der Waals surface area (Å²) in [7, 11) is -3.97. The van der Waals surface area contributed by atoms with Crippen molar-refractivity contribution < 1.29 is 17.6 Å². The van der Waals surface area contributed by atoms with E-state index in [9.17, 15) is 17.6 Å². The largest absolute Gasteiger partial charge is 0.366 e. The first-order chi connectivity index (χ1) is 12.5. The molecule has 0 bridgehead atoms. The van der Waals surface area contributed by atoms with Crippen LogP contribution in [0.15, 0.2) is 47.0 Å². The lowest BCUT2D eigenvalue weighted by Gasteiger charge is -2.32. The van der Waals surface area contributed by atoms with E-state index in [1.165, 1.54) is 4.31 Å². The fourth-order valence-electron chi connectivity index (χ4n) is 2.86. The van der Waals surface area contributed by atoms with Crippen LogP contribution in [0.4, 0.5) is 4.39 Å². The summed E-state index contributed by atoms with van der Waals surface area (Å²) in [5.41, 5.74) is 5.31. The minimum Gasteiger partial charge on any atom is -0.366 e. The highest BCUT2D eigenvalue weighted by Gasteiger charge is 2.30. The fourth-order valence-corrected chi connectivity index (χ4v) is 4.53. The van der Waals surface area contributed by atoms with E-state index in [0.29, 0.717) is 5.70 Å². The number of hydrogen-bond donors (Lipinski definition) is 1. The number of rotatable bonds is 7. The number of benzene rings is 1. The maximum absolute atomic E-state index is 13.8. The Bertz CT molecular complexity index is 890. The molecule has 0 saturated carbocycles. The van der Waals surface area contributed by atoms with Gasteiger partial charge in [0.05, 0.1) is 10.5 Å². The van der Waals surface area contributed by atoms with Gasteiger partial charge in [-0.15, -0.1) is 0 Å². The molecule has 2 rings (SSSR count). The first-order valence-corrected chi connectivity index (χ1v) is 10.5. The smallest absolute Gasteiger partial charge is 0.264 e. The molecule has 1 unspecified atom stereocenters. The number of carbonyl (C=O) groups excluding carboxylic acids is 1. The Morgan fingerprint density at radius 2 is 2.04 bits per heavy atom. The van der Waals surface area contributed by atoms with Crippen LogP contribution < -0.4 is 5.73 Å². The first kappa shape index (κ1) is 21.2. The van der Waals surface area contributed by atoms with Crippen LogP contribution in [0.5, 0.6) is 0 Å². The van der Waals surface area contributed by atoms with Crippen LogP contribution in [0, 0.1) is 17.2 Å². The van der Waals surface area contributed by atoms with Crippen LogP contribution in [0.1, 0.15) is 50.9 Å². The molecule has 5 nitrogen and oxygen atoms in total. The van der Waals surface area contributed by atoms with Crippen LogP contribution in [-0.4, -0.2) is 25.2 Å². The van der Waals surface area contributed by atoms with Crippen LogP contribution in [-0.2, 0) is 10.0 Å². The summed E-state index contributed by atoms with van der Waals surface area (Å²) in [4.78, 5) is 11.3. The van der Waals surface area contributed by atoms with Gasteiger partial charge in [-0.2, -0.15) is 0 Å². The second-order valence-electron chi connectivity index (χ2n) is 7.61. The molecular formula is C20H27FN2O3S. The molecule has 0 spiro atoms. The monoisotopic (exact) mass is 394 g/mol. The summed E-state index contributed by atoms with van der Waals surface area (Å²) in [6.45, 7) is 8.33. The van der Waals surface area contributed by atoms with Crippen molar-refractivity contribution in [2.75, 3.05) is 6.54 Å². The number of sulfonamides is 1. The van der Waals surface area contributed by atoms with Crippen molar-refractivity contribution in [1.29, 1.82) is 0 Å². The topological polar surface area (TPSA) is 80.5 Å². The van der Waals surface area contributed by atoms with Gasteiger partial charge < -0.3 is 5.73 Å². The molecule has 0 aromatic heterocycles. The second kappa shape index (κ2) is 7.84. The molecule has 1 aliphatic rings. The van der Waals surface area contributed by atoms with Crippen molar-refractivity contribution >= 4 is 15.9 Å². The van der Waals surface area contributed by atoms with Crippen molar-refractivity contribution in [2.24, 2.45) is 17.1 Å². The second-order valence-corrected chi connectivity index (χ2v) is 9.47. The van der Waals surface area contributed by atoms with Crippen LogP contribution in [0.2, 0.25) is 0 Å². The molecule has 0 radical (unpaired) electrons. The summed E-state index contributed by atoms with van der Waals surface area (Å²) in [5, 5.41) is 0. The lowest BCUT2D eigenvalue weighted by atomic mass is 9.81. The summed E-state index contributed by atoms with van der Waals surface area (Å²) < 4.78 is 41.6. The Morgan fingerprint density at radius 1 is 1.37 bits per heavy atom. The minimum absolute atomic E-state index is 0.00573. The third kappa shape index (κ3) is 4.58. The molecule has 0 saturated heterocycles. The molecule has 1 aromatic rings. The van der Waals surface area contributed by atoms with Gasteiger partial charge in [0.15, 0.2) is 0 Å². The van der Waals surface area contributed by atoms with E-state index < -0.39 is 27.3 Å². The SMILES string of the molecule is CCC1(C)C=CC(N(CC(C)C)S(=O)(=O)c2ccc(F)c(C(N)=O)c2)=CC1. The zero-order valence-electron chi connectivity index (χ0n) is 16.2. The van der Waals surface area contributed by atoms with E-state index in [1.807, 2.05) is 32.1 Å². The van der Waals surface area contributed by atoms with Gasteiger partial charge in [-0.25, -0.2) is 12.8 Å². The third-order valence-electron chi connectivity index (χ3n) is 4.85. The number of carbonyl (C=O) groups is 1. The van der Waals surface area contributed by atoms with Crippen molar-refractivity contribution in [3.63, 3.8) is 0 Å². The summed E-state index contributed by atoms with van der Waals surface area (Å²) in [5.74, 6) is -1.77. The number of amides is 1. The molecule has 1 aromatic carbocycles. The zero-order valence-corrected chi connectivity index (χ0v) is 17.0. The highest BCUT2D eigenvalue weighted by molar-refractivity contribution is 7.89. The van der Waals surface area contributed by atoms with E-state index in [4.69, 9.17) is 5.73 Å². The van der Waals surface area contributed by atoms with E-state index >= 15 is 0 Å². The number of halogens is 1. The summed E-state index contributed by atoms with van der Waals surface area (Å²) in [6.07, 6.45) is 7.46. The molecule has 148 valence electrons. The molecule has 1 amide bonds. The van der Waals surface area contributed by atoms with Gasteiger partial charge in [0, 0.05) is 12.2 Å². The average molecular weight is 395 g/mol. The van der Waals surface area contributed by atoms with Crippen LogP contribution in [0.3, 0.4) is 0 Å². The van der Waals surface area contributed by atoms with Crippen molar-refractivity contribution in [2.45, 2.75) is 45.4 Å². The van der Waals surface area contributed by atoms with Crippen LogP contribution >= 0.6 is 0 Å². The number of primary amides is 1. The molecular weight excluding hydrogens is 367 g/mol. The van der Waals surface area contributed by atoms with Gasteiger partial charge in [-0.3, -0.25) is 9.10 Å². The maximum atomic E-state index is 13.8. The summed E-state index contributed by atoms with van der Waals surface area (Å²) in [6, 6.07) is 3.12. The molecule has 1 aliphatic carbocycles. The Morgan fingerprint density at radius 3 is 2.52 bits per heavy atom. The highest BCUT2D eigenvalue weighted by atomic mass is 32.2.